The standard InChI is InChI=1S/C11H13F2NO/c12-7-4-5-8(13)11(15)10(7)9-3-1-2-6-14-9/h4-5,9,14-15H,1-3,6H2/t9-/m0/s1. The minimum absolute atomic E-state index is 0.0645. The Kier molecular flexibility index (Phi) is 2.86. The van der Waals surface area contributed by atoms with E-state index >= 15 is 0 Å². The van der Waals surface area contributed by atoms with E-state index in [-0.39, 0.29) is 11.6 Å². The molecule has 0 spiro atoms. The van der Waals surface area contributed by atoms with Crippen LogP contribution in [0.4, 0.5) is 8.78 Å². The number of hydrogen-bond donors (Lipinski definition) is 2. The summed E-state index contributed by atoms with van der Waals surface area (Å²) in [5.74, 6) is -1.87. The van der Waals surface area contributed by atoms with E-state index in [2.05, 4.69) is 5.32 Å². The normalized spacial score (nSPS) is 21.6. The average Bonchev–Trinajstić information content (AvgIpc) is 2.26. The van der Waals surface area contributed by atoms with Gasteiger partial charge in [-0.05, 0) is 31.5 Å². The molecule has 1 aliphatic rings. The van der Waals surface area contributed by atoms with Gasteiger partial charge in [0.15, 0.2) is 11.6 Å². The van der Waals surface area contributed by atoms with Crippen molar-refractivity contribution in [3.63, 3.8) is 0 Å². The van der Waals surface area contributed by atoms with Crippen LogP contribution < -0.4 is 5.32 Å². The summed E-state index contributed by atoms with van der Waals surface area (Å²) in [6.45, 7) is 0.778. The third-order valence-corrected chi connectivity index (χ3v) is 2.77. The molecule has 1 aromatic rings. The van der Waals surface area contributed by atoms with Crippen LogP contribution in [0.1, 0.15) is 30.9 Å². The van der Waals surface area contributed by atoms with Gasteiger partial charge in [0.1, 0.15) is 5.82 Å². The minimum atomic E-state index is -0.765. The van der Waals surface area contributed by atoms with E-state index in [1.165, 1.54) is 0 Å². The van der Waals surface area contributed by atoms with E-state index in [0.717, 1.165) is 37.9 Å². The van der Waals surface area contributed by atoms with Gasteiger partial charge in [-0.3, -0.25) is 0 Å². The van der Waals surface area contributed by atoms with Crippen molar-refractivity contribution in [3.05, 3.63) is 29.3 Å². The van der Waals surface area contributed by atoms with Gasteiger partial charge in [0.25, 0.3) is 0 Å². The lowest BCUT2D eigenvalue weighted by molar-refractivity contribution is 0.364. The molecule has 4 heteroatoms. The molecule has 1 atom stereocenters. The van der Waals surface area contributed by atoms with Gasteiger partial charge in [0.2, 0.25) is 0 Å². The number of halogens is 2. The molecule has 0 saturated carbocycles. The van der Waals surface area contributed by atoms with E-state index < -0.39 is 17.4 Å². The smallest absolute Gasteiger partial charge is 0.165 e. The fourth-order valence-electron chi connectivity index (χ4n) is 1.99. The summed E-state index contributed by atoms with van der Waals surface area (Å²) < 4.78 is 26.5. The highest BCUT2D eigenvalue weighted by atomic mass is 19.1. The van der Waals surface area contributed by atoms with Gasteiger partial charge in [0, 0.05) is 11.6 Å². The molecule has 0 amide bonds. The first-order valence-electron chi connectivity index (χ1n) is 5.10. The molecule has 82 valence electrons. The molecule has 1 saturated heterocycles. The zero-order valence-corrected chi connectivity index (χ0v) is 8.26. The first-order chi connectivity index (χ1) is 7.20. The van der Waals surface area contributed by atoms with E-state index in [9.17, 15) is 13.9 Å². The van der Waals surface area contributed by atoms with Crippen molar-refractivity contribution >= 4 is 0 Å². The highest BCUT2D eigenvalue weighted by Gasteiger charge is 2.23. The van der Waals surface area contributed by atoms with E-state index in [0.29, 0.717) is 0 Å². The highest BCUT2D eigenvalue weighted by molar-refractivity contribution is 5.37. The largest absolute Gasteiger partial charge is 0.505 e. The predicted molar refractivity (Wildman–Crippen MR) is 52.6 cm³/mol. The minimum Gasteiger partial charge on any atom is -0.505 e. The lowest BCUT2D eigenvalue weighted by atomic mass is 9.96. The van der Waals surface area contributed by atoms with Crippen LogP contribution in [-0.2, 0) is 0 Å². The van der Waals surface area contributed by atoms with E-state index in [1.54, 1.807) is 0 Å². The van der Waals surface area contributed by atoms with Crippen molar-refractivity contribution in [2.75, 3.05) is 6.54 Å². The van der Waals surface area contributed by atoms with Gasteiger partial charge in [0.05, 0.1) is 0 Å². The summed E-state index contributed by atoms with van der Waals surface area (Å²) in [7, 11) is 0. The molecule has 0 bridgehead atoms. The molecule has 2 nitrogen and oxygen atoms in total. The van der Waals surface area contributed by atoms with Crippen molar-refractivity contribution in [2.24, 2.45) is 0 Å². The Morgan fingerprint density at radius 2 is 1.93 bits per heavy atom. The van der Waals surface area contributed by atoms with E-state index in [1.807, 2.05) is 0 Å². The molecule has 1 aliphatic heterocycles. The Labute approximate surface area is 86.9 Å². The monoisotopic (exact) mass is 213 g/mol. The highest BCUT2D eigenvalue weighted by Crippen LogP contribution is 2.33. The van der Waals surface area contributed by atoms with Crippen molar-refractivity contribution in [2.45, 2.75) is 25.3 Å². The van der Waals surface area contributed by atoms with Gasteiger partial charge >= 0.3 is 0 Å². The summed E-state index contributed by atoms with van der Waals surface area (Å²) in [5.41, 5.74) is 0.0645. The first-order valence-corrected chi connectivity index (χ1v) is 5.10. The molecule has 1 fully saturated rings. The van der Waals surface area contributed by atoms with Crippen LogP contribution in [0.15, 0.2) is 12.1 Å². The molecule has 1 heterocycles. The quantitative estimate of drug-likeness (QED) is 0.751. The van der Waals surface area contributed by atoms with Gasteiger partial charge in [-0.2, -0.15) is 0 Å². The number of rotatable bonds is 1. The number of aromatic hydroxyl groups is 1. The number of benzene rings is 1. The van der Waals surface area contributed by atoms with Crippen LogP contribution in [0.25, 0.3) is 0 Å². The molecule has 0 radical (unpaired) electrons. The number of piperidine rings is 1. The predicted octanol–water partition coefficient (Wildman–Crippen LogP) is 2.49. The van der Waals surface area contributed by atoms with Crippen LogP contribution >= 0.6 is 0 Å². The van der Waals surface area contributed by atoms with Gasteiger partial charge < -0.3 is 10.4 Å². The Balaban J connectivity index is 2.36. The summed E-state index contributed by atoms with van der Waals surface area (Å²) in [6.07, 6.45) is 2.73. The van der Waals surface area contributed by atoms with Crippen molar-refractivity contribution in [1.29, 1.82) is 0 Å². The molecule has 2 rings (SSSR count). The zero-order valence-electron chi connectivity index (χ0n) is 8.26. The van der Waals surface area contributed by atoms with Crippen LogP contribution in [-0.4, -0.2) is 11.7 Å². The summed E-state index contributed by atoms with van der Waals surface area (Å²) >= 11 is 0. The van der Waals surface area contributed by atoms with Gasteiger partial charge in [-0.15, -0.1) is 0 Å². The van der Waals surface area contributed by atoms with Crippen molar-refractivity contribution in [3.8, 4) is 5.75 Å². The van der Waals surface area contributed by atoms with Gasteiger partial charge in [-0.1, -0.05) is 6.42 Å². The second-order valence-electron chi connectivity index (χ2n) is 3.79. The number of hydrogen-bond acceptors (Lipinski definition) is 2. The lowest BCUT2D eigenvalue weighted by Gasteiger charge is -2.24. The number of phenols is 1. The maximum atomic E-state index is 13.4. The van der Waals surface area contributed by atoms with Gasteiger partial charge in [-0.25, -0.2) is 8.78 Å². The topological polar surface area (TPSA) is 32.3 Å². The summed E-state index contributed by atoms with van der Waals surface area (Å²) in [6, 6.07) is 1.73. The molecular formula is C11H13F2NO. The Hall–Kier alpha value is -1.16. The average molecular weight is 213 g/mol. The van der Waals surface area contributed by atoms with E-state index in [4.69, 9.17) is 0 Å². The Bertz CT molecular complexity index is 362. The molecular weight excluding hydrogens is 200 g/mol. The molecule has 2 N–H and O–H groups in total. The Morgan fingerprint density at radius 3 is 2.60 bits per heavy atom. The summed E-state index contributed by atoms with van der Waals surface area (Å²) in [4.78, 5) is 0. The number of phenolic OH excluding ortho intramolecular Hbond substituents is 1. The third-order valence-electron chi connectivity index (χ3n) is 2.77. The van der Waals surface area contributed by atoms with Crippen molar-refractivity contribution < 1.29 is 13.9 Å². The zero-order chi connectivity index (χ0) is 10.8. The van der Waals surface area contributed by atoms with Crippen molar-refractivity contribution in [1.82, 2.24) is 5.32 Å². The van der Waals surface area contributed by atoms with Crippen LogP contribution in [0.2, 0.25) is 0 Å². The molecule has 0 unspecified atom stereocenters. The maximum absolute atomic E-state index is 13.4. The number of nitrogens with one attached hydrogen (secondary N) is 1. The van der Waals surface area contributed by atoms with Crippen LogP contribution in [0, 0.1) is 11.6 Å². The fourth-order valence-corrected chi connectivity index (χ4v) is 1.99. The Morgan fingerprint density at radius 1 is 1.20 bits per heavy atom. The molecule has 0 aliphatic carbocycles. The molecule has 15 heavy (non-hydrogen) atoms. The maximum Gasteiger partial charge on any atom is 0.165 e. The first kappa shape index (κ1) is 10.4. The summed E-state index contributed by atoms with van der Waals surface area (Å²) in [5, 5.41) is 12.6. The van der Waals surface area contributed by atoms with Crippen LogP contribution in [0.3, 0.4) is 0 Å². The second-order valence-corrected chi connectivity index (χ2v) is 3.79. The third kappa shape index (κ3) is 1.95. The fraction of sp³-hybridized carbons (Fsp3) is 0.455. The lowest BCUT2D eigenvalue weighted by Crippen LogP contribution is -2.27. The molecule has 1 aromatic carbocycles. The van der Waals surface area contributed by atoms with Crippen LogP contribution in [0.5, 0.6) is 5.75 Å². The SMILES string of the molecule is Oc1c(F)ccc(F)c1[C@@H]1CCCCN1. The molecule has 0 aromatic heterocycles. The second kappa shape index (κ2) is 4.14.